The number of nitro benzene ring substituents is 1. The molecule has 0 unspecified atom stereocenters. The molecular weight excluding hydrogens is 424 g/mol. The SMILES string of the molecule is CCOC(=O)[C@@H](C)Sc1nnc(NC(=O)c2cc(OC)c(OC)cc2[N+](=O)[O-])s1. The largest absolute Gasteiger partial charge is 0.493 e. The van der Waals surface area contributed by atoms with Crippen molar-refractivity contribution in [3.8, 4) is 11.5 Å². The fourth-order valence-corrected chi connectivity index (χ4v) is 4.02. The molecule has 0 aliphatic heterocycles. The lowest BCUT2D eigenvalue weighted by Gasteiger charge is -2.10. The summed E-state index contributed by atoms with van der Waals surface area (Å²) in [5.74, 6) is -0.860. The van der Waals surface area contributed by atoms with Crippen LogP contribution >= 0.6 is 23.1 Å². The predicted molar refractivity (Wildman–Crippen MR) is 106 cm³/mol. The Labute approximate surface area is 173 Å². The zero-order valence-corrected chi connectivity index (χ0v) is 17.6. The average molecular weight is 442 g/mol. The van der Waals surface area contributed by atoms with Crippen molar-refractivity contribution in [2.45, 2.75) is 23.4 Å². The molecule has 1 amide bonds. The van der Waals surface area contributed by atoms with Crippen LogP contribution in [0.25, 0.3) is 0 Å². The smallest absolute Gasteiger partial charge is 0.319 e. The first kappa shape index (κ1) is 22.4. The zero-order chi connectivity index (χ0) is 21.6. The Bertz CT molecular complexity index is 919. The first-order valence-corrected chi connectivity index (χ1v) is 9.88. The first-order valence-electron chi connectivity index (χ1n) is 8.19. The molecule has 11 nitrogen and oxygen atoms in total. The molecule has 1 heterocycles. The zero-order valence-electron chi connectivity index (χ0n) is 16.0. The molecule has 2 aromatic rings. The van der Waals surface area contributed by atoms with Gasteiger partial charge in [-0.2, -0.15) is 0 Å². The molecule has 1 atom stereocenters. The number of esters is 1. The molecule has 2 rings (SSSR count). The number of nitro groups is 1. The summed E-state index contributed by atoms with van der Waals surface area (Å²) in [6.45, 7) is 3.64. The summed E-state index contributed by atoms with van der Waals surface area (Å²) in [4.78, 5) is 34.9. The van der Waals surface area contributed by atoms with Crippen molar-refractivity contribution in [2.75, 3.05) is 26.1 Å². The van der Waals surface area contributed by atoms with Gasteiger partial charge < -0.3 is 14.2 Å². The van der Waals surface area contributed by atoms with Crippen molar-refractivity contribution in [1.29, 1.82) is 0 Å². The Morgan fingerprint density at radius 1 is 1.28 bits per heavy atom. The number of methoxy groups -OCH3 is 2. The van der Waals surface area contributed by atoms with Gasteiger partial charge in [0, 0.05) is 6.07 Å². The molecule has 1 aromatic heterocycles. The average Bonchev–Trinajstić information content (AvgIpc) is 3.13. The van der Waals surface area contributed by atoms with E-state index in [9.17, 15) is 19.7 Å². The highest BCUT2D eigenvalue weighted by Gasteiger charge is 2.26. The van der Waals surface area contributed by atoms with E-state index in [1.807, 2.05) is 0 Å². The van der Waals surface area contributed by atoms with E-state index in [-0.39, 0.29) is 34.8 Å². The quantitative estimate of drug-likeness (QED) is 0.202. The van der Waals surface area contributed by atoms with Gasteiger partial charge in [0.2, 0.25) is 5.13 Å². The summed E-state index contributed by atoms with van der Waals surface area (Å²) in [6.07, 6.45) is 0. The predicted octanol–water partition coefficient (Wildman–Crippen LogP) is 2.76. The van der Waals surface area contributed by atoms with Crippen LogP contribution in [0.2, 0.25) is 0 Å². The first-order chi connectivity index (χ1) is 13.8. The van der Waals surface area contributed by atoms with E-state index in [2.05, 4.69) is 15.5 Å². The van der Waals surface area contributed by atoms with E-state index in [4.69, 9.17) is 14.2 Å². The number of nitrogens with zero attached hydrogens (tertiary/aromatic N) is 3. The number of hydrogen-bond donors (Lipinski definition) is 1. The fourth-order valence-electron chi connectivity index (χ4n) is 2.13. The minimum absolute atomic E-state index is 0.123. The second-order valence-electron chi connectivity index (χ2n) is 5.32. The Morgan fingerprint density at radius 3 is 2.52 bits per heavy atom. The minimum atomic E-state index is -0.760. The standard InChI is InChI=1S/C16H18N4O7S2/c1-5-27-14(22)8(2)28-16-19-18-15(29-16)17-13(21)9-6-11(25-3)12(26-4)7-10(9)20(23)24/h6-8H,5H2,1-4H3,(H,17,18,21)/t8-/m1/s1. The van der Waals surface area contributed by atoms with Gasteiger partial charge in [-0.15, -0.1) is 10.2 Å². The molecular formula is C16H18N4O7S2. The van der Waals surface area contributed by atoms with E-state index in [0.29, 0.717) is 4.34 Å². The van der Waals surface area contributed by atoms with E-state index in [1.165, 1.54) is 20.3 Å². The van der Waals surface area contributed by atoms with E-state index in [1.54, 1.807) is 13.8 Å². The van der Waals surface area contributed by atoms with Gasteiger partial charge >= 0.3 is 5.97 Å². The number of amides is 1. The van der Waals surface area contributed by atoms with E-state index < -0.39 is 21.8 Å². The molecule has 29 heavy (non-hydrogen) atoms. The third kappa shape index (κ3) is 5.54. The Balaban J connectivity index is 2.20. The van der Waals surface area contributed by atoms with Gasteiger partial charge in [-0.05, 0) is 13.8 Å². The minimum Gasteiger partial charge on any atom is -0.493 e. The second-order valence-corrected chi connectivity index (χ2v) is 7.89. The molecule has 0 aliphatic rings. The number of carbonyl (C=O) groups is 2. The maximum absolute atomic E-state index is 12.6. The maximum Gasteiger partial charge on any atom is 0.319 e. The molecule has 0 radical (unpaired) electrons. The number of hydrogen-bond acceptors (Lipinski definition) is 11. The molecule has 13 heteroatoms. The van der Waals surface area contributed by atoms with Crippen LogP contribution < -0.4 is 14.8 Å². The summed E-state index contributed by atoms with van der Waals surface area (Å²) in [5, 5.41) is 21.2. The summed E-state index contributed by atoms with van der Waals surface area (Å²) in [5.41, 5.74) is -0.674. The summed E-state index contributed by atoms with van der Waals surface area (Å²) in [7, 11) is 2.68. The number of thioether (sulfide) groups is 1. The van der Waals surface area contributed by atoms with Gasteiger partial charge in [0.15, 0.2) is 15.8 Å². The normalized spacial score (nSPS) is 11.4. The van der Waals surface area contributed by atoms with Crippen LogP contribution in [0.3, 0.4) is 0 Å². The van der Waals surface area contributed by atoms with Gasteiger partial charge in [0.05, 0.1) is 31.8 Å². The highest BCUT2D eigenvalue weighted by molar-refractivity contribution is 8.02. The lowest BCUT2D eigenvalue weighted by molar-refractivity contribution is -0.385. The maximum atomic E-state index is 12.6. The van der Waals surface area contributed by atoms with Crippen molar-refractivity contribution in [3.63, 3.8) is 0 Å². The number of nitrogens with one attached hydrogen (secondary N) is 1. The number of carbonyl (C=O) groups excluding carboxylic acids is 2. The van der Waals surface area contributed by atoms with Crippen molar-refractivity contribution in [2.24, 2.45) is 0 Å². The van der Waals surface area contributed by atoms with Crippen LogP contribution in [0.4, 0.5) is 10.8 Å². The van der Waals surface area contributed by atoms with Crippen molar-refractivity contribution >= 4 is 45.8 Å². The fraction of sp³-hybridized carbons (Fsp3) is 0.375. The summed E-state index contributed by atoms with van der Waals surface area (Å²) >= 11 is 2.16. The van der Waals surface area contributed by atoms with Crippen LogP contribution in [0, 0.1) is 10.1 Å². The second kappa shape index (κ2) is 10.0. The molecule has 156 valence electrons. The van der Waals surface area contributed by atoms with Crippen LogP contribution in [0.15, 0.2) is 16.5 Å². The summed E-state index contributed by atoms with van der Waals surface area (Å²) < 4.78 is 15.5. The van der Waals surface area contributed by atoms with Crippen LogP contribution in [0.1, 0.15) is 24.2 Å². The molecule has 0 saturated carbocycles. The lowest BCUT2D eigenvalue weighted by atomic mass is 10.1. The Morgan fingerprint density at radius 2 is 1.93 bits per heavy atom. The molecule has 0 aliphatic carbocycles. The molecule has 0 spiro atoms. The van der Waals surface area contributed by atoms with Crippen molar-refractivity contribution in [1.82, 2.24) is 10.2 Å². The number of aromatic nitrogens is 2. The molecule has 1 N–H and O–H groups in total. The van der Waals surface area contributed by atoms with Gasteiger partial charge in [-0.25, -0.2) is 0 Å². The molecule has 1 aromatic carbocycles. The Kier molecular flexibility index (Phi) is 7.73. The number of benzene rings is 1. The third-order valence-corrected chi connectivity index (χ3v) is 5.47. The number of anilines is 1. The summed E-state index contributed by atoms with van der Waals surface area (Å²) in [6, 6.07) is 2.32. The number of ether oxygens (including phenoxy) is 3. The van der Waals surface area contributed by atoms with Gasteiger partial charge in [0.25, 0.3) is 11.6 Å². The van der Waals surface area contributed by atoms with Crippen molar-refractivity contribution < 1.29 is 28.7 Å². The highest BCUT2D eigenvalue weighted by Crippen LogP contribution is 2.35. The topological polar surface area (TPSA) is 143 Å². The van der Waals surface area contributed by atoms with Gasteiger partial charge in [-0.1, -0.05) is 23.1 Å². The van der Waals surface area contributed by atoms with Gasteiger partial charge in [0.1, 0.15) is 10.8 Å². The van der Waals surface area contributed by atoms with Crippen LogP contribution in [-0.2, 0) is 9.53 Å². The monoisotopic (exact) mass is 442 g/mol. The van der Waals surface area contributed by atoms with E-state index >= 15 is 0 Å². The number of rotatable bonds is 9. The van der Waals surface area contributed by atoms with Crippen LogP contribution in [-0.4, -0.2) is 53.1 Å². The molecule has 0 saturated heterocycles. The highest BCUT2D eigenvalue weighted by atomic mass is 32.2. The van der Waals surface area contributed by atoms with E-state index in [0.717, 1.165) is 29.2 Å². The Hall–Kier alpha value is -2.93. The van der Waals surface area contributed by atoms with Crippen LogP contribution in [0.5, 0.6) is 11.5 Å². The lowest BCUT2D eigenvalue weighted by Crippen LogP contribution is -2.16. The third-order valence-electron chi connectivity index (χ3n) is 3.47. The molecule has 0 fully saturated rings. The molecule has 0 bridgehead atoms. The van der Waals surface area contributed by atoms with Gasteiger partial charge in [-0.3, -0.25) is 25.0 Å². The van der Waals surface area contributed by atoms with Crippen molar-refractivity contribution in [3.05, 3.63) is 27.8 Å².